The number of phenols is 1. The van der Waals surface area contributed by atoms with Crippen LogP contribution in [0.15, 0.2) is 42.0 Å². The lowest BCUT2D eigenvalue weighted by molar-refractivity contribution is 0.478. The molecule has 0 aromatic heterocycles. The van der Waals surface area contributed by atoms with Crippen LogP contribution >= 0.6 is 0 Å². The van der Waals surface area contributed by atoms with Crippen molar-refractivity contribution >= 4 is 22.8 Å². The quantitative estimate of drug-likeness (QED) is 0.362. The van der Waals surface area contributed by atoms with Crippen LogP contribution < -0.4 is 10.6 Å². The molecule has 5 nitrogen and oxygen atoms in total. The fourth-order valence-corrected chi connectivity index (χ4v) is 1.47. The van der Waals surface area contributed by atoms with E-state index in [0.29, 0.717) is 17.1 Å². The van der Waals surface area contributed by atoms with E-state index in [0.717, 1.165) is 11.3 Å². The van der Waals surface area contributed by atoms with Gasteiger partial charge in [0, 0.05) is 25.8 Å². The van der Waals surface area contributed by atoms with Crippen LogP contribution in [0.1, 0.15) is 20.8 Å². The van der Waals surface area contributed by atoms with Crippen LogP contribution in [0.4, 0.5) is 11.4 Å². The van der Waals surface area contributed by atoms with Crippen LogP contribution in [0, 0.1) is 10.8 Å². The molecule has 0 saturated heterocycles. The van der Waals surface area contributed by atoms with Gasteiger partial charge in [-0.25, -0.2) is 0 Å². The molecular weight excluding hydrogens is 276 g/mol. The number of anilines is 2. The molecule has 5 heteroatoms. The van der Waals surface area contributed by atoms with Crippen molar-refractivity contribution in [2.75, 3.05) is 24.7 Å². The number of nitrogens with two attached hydrogens (primary N) is 1. The van der Waals surface area contributed by atoms with Gasteiger partial charge in [-0.05, 0) is 36.8 Å². The van der Waals surface area contributed by atoms with Gasteiger partial charge in [0.2, 0.25) is 0 Å². The number of nitrogen functional groups attached to an aromatic ring is 1. The molecular formula is C17H26N4O. The molecule has 0 saturated carbocycles. The summed E-state index contributed by atoms with van der Waals surface area (Å²) in [6.07, 6.45) is 5.15. The van der Waals surface area contributed by atoms with Crippen molar-refractivity contribution in [1.82, 2.24) is 0 Å². The van der Waals surface area contributed by atoms with Crippen LogP contribution in [0.25, 0.3) is 0 Å². The predicted molar refractivity (Wildman–Crippen MR) is 96.5 cm³/mol. The zero-order chi connectivity index (χ0) is 17.3. The summed E-state index contributed by atoms with van der Waals surface area (Å²) in [4.78, 5) is 1.90. The Hall–Kier alpha value is -2.56. The molecule has 5 N–H and O–H groups in total. The molecule has 0 heterocycles. The normalized spacial score (nSPS) is 12.5. The van der Waals surface area contributed by atoms with Gasteiger partial charge in [0.05, 0.1) is 17.1 Å². The number of nitrogens with one attached hydrogen (secondary N) is 2. The SMILES string of the molecule is CC.CC1=CC(=N)C(=N)C=C1.CN(C)c1ccc(N)c(O)c1. The first kappa shape index (κ1) is 19.4. The van der Waals surface area contributed by atoms with Crippen molar-refractivity contribution in [3.8, 4) is 5.75 Å². The third-order valence-electron chi connectivity index (χ3n) is 2.71. The van der Waals surface area contributed by atoms with Gasteiger partial charge in [0.25, 0.3) is 0 Å². The van der Waals surface area contributed by atoms with E-state index in [1.165, 1.54) is 0 Å². The van der Waals surface area contributed by atoms with Gasteiger partial charge in [0.15, 0.2) is 0 Å². The zero-order valence-electron chi connectivity index (χ0n) is 13.9. The topological polar surface area (TPSA) is 97.2 Å². The minimum Gasteiger partial charge on any atom is -0.506 e. The van der Waals surface area contributed by atoms with Crippen LogP contribution in [0.5, 0.6) is 5.75 Å². The first-order valence-electron chi connectivity index (χ1n) is 7.11. The standard InChI is InChI=1S/C8H12N2O.C7H8N2.C2H6/c1-10(2)6-3-4-7(9)8(11)5-6;1-5-2-3-6(8)7(9)4-5;1-2/h3-5,11H,9H2,1-2H3;2-4,8-9H,1H3;1-2H3. The summed E-state index contributed by atoms with van der Waals surface area (Å²) in [5, 5.41) is 23.5. The molecule has 1 aliphatic rings. The summed E-state index contributed by atoms with van der Waals surface area (Å²) in [5.41, 5.74) is 8.41. The third-order valence-corrected chi connectivity index (χ3v) is 2.71. The Morgan fingerprint density at radius 2 is 1.64 bits per heavy atom. The molecule has 0 amide bonds. The lowest BCUT2D eigenvalue weighted by Crippen LogP contribution is -2.08. The van der Waals surface area contributed by atoms with Crippen molar-refractivity contribution in [2.45, 2.75) is 20.8 Å². The van der Waals surface area contributed by atoms with Gasteiger partial charge in [-0.15, -0.1) is 0 Å². The molecule has 1 aromatic rings. The van der Waals surface area contributed by atoms with Crippen LogP contribution in [-0.4, -0.2) is 30.6 Å². The van der Waals surface area contributed by atoms with Gasteiger partial charge in [-0.2, -0.15) is 0 Å². The molecule has 0 fully saturated rings. The maximum Gasteiger partial charge on any atom is 0.140 e. The first-order chi connectivity index (χ1) is 10.3. The minimum atomic E-state index is 0.135. The van der Waals surface area contributed by atoms with Crippen LogP contribution in [0.2, 0.25) is 0 Å². The maximum atomic E-state index is 9.20. The Morgan fingerprint density at radius 3 is 2.05 bits per heavy atom. The van der Waals surface area contributed by atoms with Crippen LogP contribution in [-0.2, 0) is 0 Å². The molecule has 1 aromatic carbocycles. The van der Waals surface area contributed by atoms with Crippen molar-refractivity contribution in [3.05, 3.63) is 42.0 Å². The molecule has 120 valence electrons. The van der Waals surface area contributed by atoms with Crippen molar-refractivity contribution < 1.29 is 5.11 Å². The Balaban J connectivity index is 0.000000366. The molecule has 0 spiro atoms. The van der Waals surface area contributed by atoms with Crippen molar-refractivity contribution in [1.29, 1.82) is 10.8 Å². The zero-order valence-corrected chi connectivity index (χ0v) is 13.9. The number of hydrogen-bond acceptors (Lipinski definition) is 5. The highest BCUT2D eigenvalue weighted by Crippen LogP contribution is 2.24. The average Bonchev–Trinajstić information content (AvgIpc) is 2.49. The van der Waals surface area contributed by atoms with Gasteiger partial charge in [0.1, 0.15) is 5.75 Å². The van der Waals surface area contributed by atoms with E-state index in [-0.39, 0.29) is 5.75 Å². The Bertz CT molecular complexity index is 586. The molecule has 1 aliphatic carbocycles. The summed E-state index contributed by atoms with van der Waals surface area (Å²) in [7, 11) is 3.82. The molecule has 0 aliphatic heterocycles. The number of rotatable bonds is 1. The van der Waals surface area contributed by atoms with Crippen molar-refractivity contribution in [3.63, 3.8) is 0 Å². The highest BCUT2D eigenvalue weighted by Gasteiger charge is 2.01. The summed E-state index contributed by atoms with van der Waals surface area (Å²) in [6, 6.07) is 5.18. The first-order valence-corrected chi connectivity index (χ1v) is 7.11. The molecule has 2 rings (SSSR count). The van der Waals surface area contributed by atoms with E-state index in [1.54, 1.807) is 24.3 Å². The van der Waals surface area contributed by atoms with Crippen LogP contribution in [0.3, 0.4) is 0 Å². The number of nitrogens with zero attached hydrogens (tertiary/aromatic N) is 1. The number of aromatic hydroxyl groups is 1. The van der Waals surface area contributed by atoms with E-state index in [1.807, 2.05) is 51.9 Å². The van der Waals surface area contributed by atoms with E-state index < -0.39 is 0 Å². The maximum absolute atomic E-state index is 9.20. The fraction of sp³-hybridized carbons (Fsp3) is 0.294. The molecule has 0 atom stereocenters. The molecule has 0 radical (unpaired) electrons. The summed E-state index contributed by atoms with van der Waals surface area (Å²) >= 11 is 0. The van der Waals surface area contributed by atoms with Gasteiger partial charge in [-0.3, -0.25) is 10.8 Å². The highest BCUT2D eigenvalue weighted by molar-refractivity contribution is 6.49. The minimum absolute atomic E-state index is 0.135. The lowest BCUT2D eigenvalue weighted by Gasteiger charge is -2.12. The van der Waals surface area contributed by atoms with Gasteiger partial charge >= 0.3 is 0 Å². The predicted octanol–water partition coefficient (Wildman–Crippen LogP) is 3.61. The smallest absolute Gasteiger partial charge is 0.140 e. The van der Waals surface area contributed by atoms with Gasteiger partial charge in [-0.1, -0.05) is 19.9 Å². The fourth-order valence-electron chi connectivity index (χ4n) is 1.47. The van der Waals surface area contributed by atoms with E-state index in [2.05, 4.69) is 0 Å². The second kappa shape index (κ2) is 9.39. The number of benzene rings is 1. The average molecular weight is 302 g/mol. The lowest BCUT2D eigenvalue weighted by atomic mass is 10.1. The molecule has 0 unspecified atom stereocenters. The number of allylic oxidation sites excluding steroid dienone is 4. The largest absolute Gasteiger partial charge is 0.506 e. The van der Waals surface area contributed by atoms with Crippen molar-refractivity contribution in [2.24, 2.45) is 0 Å². The number of hydrogen-bond donors (Lipinski definition) is 4. The number of phenolic OH excluding ortho intramolecular Hbond substituents is 1. The molecule has 0 bridgehead atoms. The van der Waals surface area contributed by atoms with E-state index in [9.17, 15) is 5.11 Å². The Labute approximate surface area is 132 Å². The summed E-state index contributed by atoms with van der Waals surface area (Å²) in [6.45, 7) is 5.91. The van der Waals surface area contributed by atoms with E-state index >= 15 is 0 Å². The highest BCUT2D eigenvalue weighted by atomic mass is 16.3. The molecule has 22 heavy (non-hydrogen) atoms. The second-order valence-electron chi connectivity index (χ2n) is 4.69. The second-order valence-corrected chi connectivity index (χ2v) is 4.69. The Morgan fingerprint density at radius 1 is 1.05 bits per heavy atom. The Kier molecular flexibility index (Phi) is 8.30. The monoisotopic (exact) mass is 302 g/mol. The van der Waals surface area contributed by atoms with E-state index in [4.69, 9.17) is 16.6 Å². The van der Waals surface area contributed by atoms with Gasteiger partial charge < -0.3 is 15.7 Å². The third kappa shape index (κ3) is 6.26. The summed E-state index contributed by atoms with van der Waals surface area (Å²) in [5.74, 6) is 0.135. The summed E-state index contributed by atoms with van der Waals surface area (Å²) < 4.78 is 0.